The molecule has 1 aliphatic rings. The van der Waals surface area contributed by atoms with Crippen LogP contribution in [0.5, 0.6) is 0 Å². The van der Waals surface area contributed by atoms with E-state index in [-0.39, 0.29) is 18.5 Å². The molecule has 0 radical (unpaired) electrons. The third-order valence-electron chi connectivity index (χ3n) is 0.974. The van der Waals surface area contributed by atoms with Gasteiger partial charge in [0.15, 0.2) is 0 Å². The molecule has 0 bridgehead atoms. The summed E-state index contributed by atoms with van der Waals surface area (Å²) >= 11 is 0. The summed E-state index contributed by atoms with van der Waals surface area (Å²) in [5, 5.41) is 2.15. The summed E-state index contributed by atoms with van der Waals surface area (Å²) in [4.78, 5) is 20.7. The molecule has 1 rings (SSSR count). The van der Waals surface area contributed by atoms with Crippen LogP contribution in [0.15, 0.2) is 0 Å². The number of hydrogen-bond acceptors (Lipinski definition) is 2. The fraction of sp³-hybridized carbons (Fsp3) is 0.333. The highest BCUT2D eigenvalue weighted by Crippen LogP contribution is 1.89. The molecular formula is C3H6N2O2Si. The highest BCUT2D eigenvalue weighted by atomic mass is 28.2. The second-order valence-electron chi connectivity index (χ2n) is 1.71. The molecule has 4 nitrogen and oxygen atoms in total. The fourth-order valence-electron chi connectivity index (χ4n) is 0.541. The zero-order valence-corrected chi connectivity index (χ0v) is 6.47. The number of hydrogen-bond donors (Lipinski definition) is 1. The highest BCUT2D eigenvalue weighted by Gasteiger charge is 2.21. The number of urea groups is 1. The summed E-state index contributed by atoms with van der Waals surface area (Å²) < 4.78 is 1.46. The molecule has 5 heteroatoms. The van der Waals surface area contributed by atoms with Crippen LogP contribution in [0.4, 0.5) is 4.79 Å². The van der Waals surface area contributed by atoms with E-state index in [0.717, 1.165) is 0 Å². The third-order valence-corrected chi connectivity index (χ3v) is 1.70. The van der Waals surface area contributed by atoms with Gasteiger partial charge in [-0.05, 0) is 0 Å². The minimum atomic E-state index is -0.248. The van der Waals surface area contributed by atoms with Crippen molar-refractivity contribution in [3.8, 4) is 0 Å². The number of rotatable bonds is 0. The summed E-state index contributed by atoms with van der Waals surface area (Å²) in [5.74, 6) is -0.190. The minimum absolute atomic E-state index is 0.190. The van der Waals surface area contributed by atoms with Gasteiger partial charge in [-0.3, -0.25) is 10.1 Å². The molecule has 8 heavy (non-hydrogen) atoms. The number of nitrogens with zero attached hydrogens (tertiary/aromatic N) is 1. The van der Waals surface area contributed by atoms with E-state index in [0.29, 0.717) is 10.4 Å². The number of carbonyl (C=O) groups is 2. The Labute approximate surface area is 49.3 Å². The van der Waals surface area contributed by atoms with E-state index in [4.69, 9.17) is 0 Å². The Balaban J connectivity index is 2.64. The van der Waals surface area contributed by atoms with Gasteiger partial charge >= 0.3 is 6.03 Å². The van der Waals surface area contributed by atoms with Gasteiger partial charge in [-0.25, -0.2) is 4.79 Å². The Bertz CT molecular complexity index is 146. The standard InChI is InChI=1S/C3H6N2O2Si/c6-2-1-5(8)3(7)4-2/h1H2,8H3,(H,4,6,7). The number of nitrogens with one attached hydrogen (secondary N) is 1. The number of imide groups is 1. The normalized spacial score (nSPS) is 19.8. The van der Waals surface area contributed by atoms with Crippen molar-refractivity contribution in [3.05, 3.63) is 0 Å². The lowest BCUT2D eigenvalue weighted by Gasteiger charge is -2.00. The summed E-state index contributed by atoms with van der Waals surface area (Å²) in [5.41, 5.74) is 0. The Hall–Kier alpha value is -0.843. The molecule has 0 saturated carbocycles. The molecule has 1 fully saturated rings. The monoisotopic (exact) mass is 130 g/mol. The Kier molecular flexibility index (Phi) is 1.05. The van der Waals surface area contributed by atoms with Gasteiger partial charge in [0.25, 0.3) is 0 Å². The molecule has 44 valence electrons. The van der Waals surface area contributed by atoms with Crippen molar-refractivity contribution >= 4 is 22.3 Å². The van der Waals surface area contributed by atoms with Gasteiger partial charge in [-0.2, -0.15) is 0 Å². The molecule has 0 aromatic rings. The first-order valence-corrected chi connectivity index (χ1v) is 3.14. The van der Waals surface area contributed by atoms with E-state index in [1.165, 1.54) is 4.57 Å². The van der Waals surface area contributed by atoms with Gasteiger partial charge in [0, 0.05) is 0 Å². The van der Waals surface area contributed by atoms with E-state index in [9.17, 15) is 9.59 Å². The smallest absolute Gasteiger partial charge is 0.315 e. The molecule has 3 amide bonds. The quantitative estimate of drug-likeness (QED) is 0.299. The van der Waals surface area contributed by atoms with Crippen molar-refractivity contribution in [2.24, 2.45) is 0 Å². The summed E-state index contributed by atoms with van der Waals surface area (Å²) in [7, 11) is 0.625. The predicted octanol–water partition coefficient (Wildman–Crippen LogP) is -2.18. The maximum absolute atomic E-state index is 10.4. The van der Waals surface area contributed by atoms with Crippen LogP contribution in [0.2, 0.25) is 0 Å². The summed E-state index contributed by atoms with van der Waals surface area (Å²) in [6.45, 7) is 0.255. The van der Waals surface area contributed by atoms with Crippen LogP contribution in [0.3, 0.4) is 0 Å². The van der Waals surface area contributed by atoms with Crippen LogP contribution in [0.1, 0.15) is 0 Å². The van der Waals surface area contributed by atoms with E-state index in [1.54, 1.807) is 0 Å². The van der Waals surface area contributed by atoms with Crippen molar-refractivity contribution in [1.82, 2.24) is 9.88 Å². The van der Waals surface area contributed by atoms with Gasteiger partial charge < -0.3 is 4.57 Å². The topological polar surface area (TPSA) is 49.4 Å². The van der Waals surface area contributed by atoms with E-state index < -0.39 is 0 Å². The molecule has 1 heterocycles. The number of carbonyl (C=O) groups excluding carboxylic acids is 2. The fourth-order valence-corrected chi connectivity index (χ4v) is 0.940. The largest absolute Gasteiger partial charge is 0.352 e. The molecule has 0 aliphatic carbocycles. The van der Waals surface area contributed by atoms with Crippen molar-refractivity contribution in [2.75, 3.05) is 6.54 Å². The maximum Gasteiger partial charge on any atom is 0.315 e. The van der Waals surface area contributed by atoms with Crippen LogP contribution in [0.25, 0.3) is 0 Å². The van der Waals surface area contributed by atoms with Gasteiger partial charge in [0.1, 0.15) is 10.4 Å². The molecule has 1 aliphatic heterocycles. The highest BCUT2D eigenvalue weighted by molar-refractivity contribution is 6.20. The second kappa shape index (κ2) is 1.59. The first kappa shape index (κ1) is 5.30. The van der Waals surface area contributed by atoms with Gasteiger partial charge in [-0.15, -0.1) is 0 Å². The van der Waals surface area contributed by atoms with Gasteiger partial charge in [-0.1, -0.05) is 0 Å². The average molecular weight is 130 g/mol. The van der Waals surface area contributed by atoms with Crippen molar-refractivity contribution in [2.45, 2.75) is 0 Å². The summed E-state index contributed by atoms with van der Waals surface area (Å²) in [6.07, 6.45) is 0. The lowest BCUT2D eigenvalue weighted by atomic mass is 10.7. The predicted molar refractivity (Wildman–Crippen MR) is 30.2 cm³/mol. The van der Waals surface area contributed by atoms with Gasteiger partial charge in [0.2, 0.25) is 5.91 Å². The van der Waals surface area contributed by atoms with Crippen LogP contribution in [0, 0.1) is 0 Å². The zero-order chi connectivity index (χ0) is 6.15. The van der Waals surface area contributed by atoms with Crippen LogP contribution >= 0.6 is 0 Å². The Morgan fingerprint density at radius 3 is 2.38 bits per heavy atom. The SMILES string of the molecule is O=C1CN([SiH3])C(=O)N1. The first-order valence-electron chi connectivity index (χ1n) is 2.25. The van der Waals surface area contributed by atoms with Crippen molar-refractivity contribution < 1.29 is 9.59 Å². The maximum atomic E-state index is 10.4. The molecule has 0 atom stereocenters. The molecule has 0 aromatic carbocycles. The average Bonchev–Trinajstić information content (AvgIpc) is 1.85. The Morgan fingerprint density at radius 2 is 2.25 bits per heavy atom. The summed E-state index contributed by atoms with van der Waals surface area (Å²) in [6, 6.07) is -0.248. The Morgan fingerprint density at radius 1 is 1.62 bits per heavy atom. The van der Waals surface area contributed by atoms with Crippen molar-refractivity contribution in [1.29, 1.82) is 0 Å². The zero-order valence-electron chi connectivity index (χ0n) is 4.47. The molecule has 0 spiro atoms. The third kappa shape index (κ3) is 0.716. The second-order valence-corrected chi connectivity index (χ2v) is 2.79. The molecule has 1 saturated heterocycles. The molecule has 0 aromatic heterocycles. The van der Waals surface area contributed by atoms with Crippen LogP contribution in [-0.4, -0.2) is 33.5 Å². The van der Waals surface area contributed by atoms with E-state index >= 15 is 0 Å². The van der Waals surface area contributed by atoms with Gasteiger partial charge in [0.05, 0.1) is 6.54 Å². The molecule has 1 N–H and O–H groups in total. The minimum Gasteiger partial charge on any atom is -0.352 e. The molecular weight excluding hydrogens is 124 g/mol. The van der Waals surface area contributed by atoms with Crippen LogP contribution in [-0.2, 0) is 4.79 Å². The number of amides is 3. The lowest BCUT2D eigenvalue weighted by molar-refractivity contribution is -0.118. The molecule has 0 unspecified atom stereocenters. The van der Waals surface area contributed by atoms with Crippen molar-refractivity contribution in [3.63, 3.8) is 0 Å². The van der Waals surface area contributed by atoms with Crippen LogP contribution < -0.4 is 5.32 Å². The van der Waals surface area contributed by atoms with E-state index in [1.807, 2.05) is 0 Å². The lowest BCUT2D eigenvalue weighted by Crippen LogP contribution is -2.25. The first-order chi connectivity index (χ1) is 3.70. The van der Waals surface area contributed by atoms with E-state index in [2.05, 4.69) is 5.32 Å².